The molecule has 1 saturated heterocycles. The average Bonchev–Trinajstić information content (AvgIpc) is 2.40. The highest BCUT2D eigenvalue weighted by Gasteiger charge is 2.20. The SMILES string of the molecule is CCN1CCC(NC(C)c2ccccc2C)CC1. The van der Waals surface area contributed by atoms with Gasteiger partial charge in [-0.3, -0.25) is 0 Å². The highest BCUT2D eigenvalue weighted by atomic mass is 15.1. The molecule has 0 aliphatic carbocycles. The largest absolute Gasteiger partial charge is 0.307 e. The summed E-state index contributed by atoms with van der Waals surface area (Å²) >= 11 is 0. The zero-order chi connectivity index (χ0) is 13.0. The summed E-state index contributed by atoms with van der Waals surface area (Å²) in [5, 5.41) is 3.79. The molecule has 0 bridgehead atoms. The average molecular weight is 246 g/mol. The second-order valence-electron chi connectivity index (χ2n) is 5.45. The summed E-state index contributed by atoms with van der Waals surface area (Å²) in [7, 11) is 0. The summed E-state index contributed by atoms with van der Waals surface area (Å²) in [6.07, 6.45) is 2.56. The second kappa shape index (κ2) is 6.35. The summed E-state index contributed by atoms with van der Waals surface area (Å²) in [5.41, 5.74) is 2.83. The Balaban J connectivity index is 1.89. The van der Waals surface area contributed by atoms with E-state index >= 15 is 0 Å². The molecule has 0 radical (unpaired) electrons. The predicted molar refractivity (Wildman–Crippen MR) is 77.9 cm³/mol. The number of rotatable bonds is 4. The van der Waals surface area contributed by atoms with Crippen LogP contribution in [-0.4, -0.2) is 30.6 Å². The minimum Gasteiger partial charge on any atom is -0.307 e. The monoisotopic (exact) mass is 246 g/mol. The number of hydrogen-bond acceptors (Lipinski definition) is 2. The lowest BCUT2D eigenvalue weighted by Gasteiger charge is -2.33. The topological polar surface area (TPSA) is 15.3 Å². The fourth-order valence-corrected chi connectivity index (χ4v) is 2.93. The Morgan fingerprint density at radius 3 is 2.56 bits per heavy atom. The molecule has 1 N–H and O–H groups in total. The van der Waals surface area contributed by atoms with Crippen molar-refractivity contribution in [3.8, 4) is 0 Å². The summed E-state index contributed by atoms with van der Waals surface area (Å²) in [6, 6.07) is 9.85. The highest BCUT2D eigenvalue weighted by molar-refractivity contribution is 5.28. The van der Waals surface area contributed by atoms with E-state index in [1.807, 2.05) is 0 Å². The van der Waals surface area contributed by atoms with E-state index in [9.17, 15) is 0 Å². The summed E-state index contributed by atoms with van der Waals surface area (Å²) < 4.78 is 0. The van der Waals surface area contributed by atoms with Crippen LogP contribution in [0.4, 0.5) is 0 Å². The fourth-order valence-electron chi connectivity index (χ4n) is 2.93. The summed E-state index contributed by atoms with van der Waals surface area (Å²) in [6.45, 7) is 10.4. The van der Waals surface area contributed by atoms with E-state index < -0.39 is 0 Å². The van der Waals surface area contributed by atoms with Gasteiger partial charge in [0.05, 0.1) is 0 Å². The Labute approximate surface area is 111 Å². The number of hydrogen-bond donors (Lipinski definition) is 1. The standard InChI is InChI=1S/C16H26N2/c1-4-18-11-9-15(10-12-18)17-14(3)16-8-6-5-7-13(16)2/h5-8,14-15,17H,4,9-12H2,1-3H3. The van der Waals surface area contributed by atoms with Gasteiger partial charge in [0.2, 0.25) is 0 Å². The molecular formula is C16H26N2. The van der Waals surface area contributed by atoms with Crippen molar-refractivity contribution in [2.45, 2.75) is 45.7 Å². The van der Waals surface area contributed by atoms with Crippen LogP contribution in [0.25, 0.3) is 0 Å². The molecule has 2 rings (SSSR count). The van der Waals surface area contributed by atoms with Gasteiger partial charge in [0, 0.05) is 12.1 Å². The van der Waals surface area contributed by atoms with E-state index in [1.54, 1.807) is 0 Å². The third-order valence-corrected chi connectivity index (χ3v) is 4.18. The van der Waals surface area contributed by atoms with E-state index in [2.05, 4.69) is 55.3 Å². The smallest absolute Gasteiger partial charge is 0.0296 e. The lowest BCUT2D eigenvalue weighted by Crippen LogP contribution is -2.43. The molecule has 1 atom stereocenters. The number of nitrogens with one attached hydrogen (secondary N) is 1. The molecule has 0 amide bonds. The van der Waals surface area contributed by atoms with Gasteiger partial charge in [0.1, 0.15) is 0 Å². The lowest BCUT2D eigenvalue weighted by atomic mass is 9.99. The molecule has 1 aliphatic heterocycles. The second-order valence-corrected chi connectivity index (χ2v) is 5.45. The van der Waals surface area contributed by atoms with Crippen molar-refractivity contribution in [3.05, 3.63) is 35.4 Å². The molecule has 1 aromatic rings. The first-order chi connectivity index (χ1) is 8.70. The van der Waals surface area contributed by atoms with Gasteiger partial charge in [-0.25, -0.2) is 0 Å². The number of aryl methyl sites for hydroxylation is 1. The van der Waals surface area contributed by atoms with E-state index in [0.717, 1.165) is 0 Å². The van der Waals surface area contributed by atoms with Crippen molar-refractivity contribution in [1.29, 1.82) is 0 Å². The maximum atomic E-state index is 3.79. The Kier molecular flexibility index (Phi) is 4.79. The molecule has 2 heteroatoms. The van der Waals surface area contributed by atoms with E-state index in [4.69, 9.17) is 0 Å². The van der Waals surface area contributed by atoms with Crippen LogP contribution in [-0.2, 0) is 0 Å². The first kappa shape index (κ1) is 13.6. The minimum atomic E-state index is 0.462. The molecular weight excluding hydrogens is 220 g/mol. The quantitative estimate of drug-likeness (QED) is 0.878. The Morgan fingerprint density at radius 2 is 1.94 bits per heavy atom. The molecule has 1 unspecified atom stereocenters. The van der Waals surface area contributed by atoms with Crippen LogP contribution in [0.3, 0.4) is 0 Å². The molecule has 0 spiro atoms. The van der Waals surface area contributed by atoms with Gasteiger partial charge in [-0.05, 0) is 57.5 Å². The van der Waals surface area contributed by atoms with E-state index in [1.165, 1.54) is 43.6 Å². The number of likely N-dealkylation sites (tertiary alicyclic amines) is 1. The summed E-state index contributed by atoms with van der Waals surface area (Å²) in [4.78, 5) is 2.54. The van der Waals surface area contributed by atoms with Crippen molar-refractivity contribution in [1.82, 2.24) is 10.2 Å². The van der Waals surface area contributed by atoms with E-state index in [-0.39, 0.29) is 0 Å². The Hall–Kier alpha value is -0.860. The van der Waals surface area contributed by atoms with Gasteiger partial charge in [-0.2, -0.15) is 0 Å². The third kappa shape index (κ3) is 3.33. The maximum Gasteiger partial charge on any atom is 0.0296 e. The Bertz CT molecular complexity index is 367. The molecule has 0 aromatic heterocycles. The maximum absolute atomic E-state index is 3.79. The third-order valence-electron chi connectivity index (χ3n) is 4.18. The van der Waals surface area contributed by atoms with Crippen molar-refractivity contribution in [2.24, 2.45) is 0 Å². The van der Waals surface area contributed by atoms with Crippen LogP contribution in [0.15, 0.2) is 24.3 Å². The minimum absolute atomic E-state index is 0.462. The van der Waals surface area contributed by atoms with Crippen molar-refractivity contribution < 1.29 is 0 Å². The molecule has 2 nitrogen and oxygen atoms in total. The highest BCUT2D eigenvalue weighted by Crippen LogP contribution is 2.20. The van der Waals surface area contributed by atoms with Gasteiger partial charge in [-0.15, -0.1) is 0 Å². The summed E-state index contributed by atoms with van der Waals surface area (Å²) in [5.74, 6) is 0. The predicted octanol–water partition coefficient (Wildman–Crippen LogP) is 3.13. The Morgan fingerprint density at radius 1 is 1.28 bits per heavy atom. The van der Waals surface area contributed by atoms with Gasteiger partial charge in [0.25, 0.3) is 0 Å². The van der Waals surface area contributed by atoms with Crippen molar-refractivity contribution in [3.63, 3.8) is 0 Å². The van der Waals surface area contributed by atoms with Crippen molar-refractivity contribution >= 4 is 0 Å². The molecule has 100 valence electrons. The van der Waals surface area contributed by atoms with Crippen LogP contribution < -0.4 is 5.32 Å². The van der Waals surface area contributed by atoms with Crippen LogP contribution in [0.5, 0.6) is 0 Å². The number of piperidine rings is 1. The lowest BCUT2D eigenvalue weighted by molar-refractivity contribution is 0.200. The van der Waals surface area contributed by atoms with Gasteiger partial charge < -0.3 is 10.2 Å². The van der Waals surface area contributed by atoms with Crippen LogP contribution in [0, 0.1) is 6.92 Å². The first-order valence-corrected chi connectivity index (χ1v) is 7.24. The van der Waals surface area contributed by atoms with E-state index in [0.29, 0.717) is 12.1 Å². The fraction of sp³-hybridized carbons (Fsp3) is 0.625. The number of benzene rings is 1. The van der Waals surface area contributed by atoms with Crippen LogP contribution >= 0.6 is 0 Å². The molecule has 1 heterocycles. The van der Waals surface area contributed by atoms with Gasteiger partial charge in [0.15, 0.2) is 0 Å². The normalized spacial score (nSPS) is 19.9. The zero-order valence-electron chi connectivity index (χ0n) is 11.9. The molecule has 0 saturated carbocycles. The zero-order valence-corrected chi connectivity index (χ0v) is 11.9. The van der Waals surface area contributed by atoms with Crippen LogP contribution in [0.1, 0.15) is 43.9 Å². The van der Waals surface area contributed by atoms with Gasteiger partial charge >= 0.3 is 0 Å². The first-order valence-electron chi connectivity index (χ1n) is 7.24. The number of nitrogens with zero attached hydrogens (tertiary/aromatic N) is 1. The van der Waals surface area contributed by atoms with Crippen LogP contribution in [0.2, 0.25) is 0 Å². The molecule has 1 aliphatic rings. The van der Waals surface area contributed by atoms with Crippen molar-refractivity contribution in [2.75, 3.05) is 19.6 Å². The molecule has 18 heavy (non-hydrogen) atoms. The van der Waals surface area contributed by atoms with Gasteiger partial charge in [-0.1, -0.05) is 31.2 Å². The molecule has 1 fully saturated rings. The molecule has 1 aromatic carbocycles.